The fourth-order valence-electron chi connectivity index (χ4n) is 4.91. The van der Waals surface area contributed by atoms with Crippen LogP contribution in [0.1, 0.15) is 61.1 Å². The van der Waals surface area contributed by atoms with Gasteiger partial charge in [0, 0.05) is 30.5 Å². The van der Waals surface area contributed by atoms with E-state index < -0.39 is 11.4 Å². The summed E-state index contributed by atoms with van der Waals surface area (Å²) in [5.41, 5.74) is 2.30. The number of amides is 3. The summed E-state index contributed by atoms with van der Waals surface area (Å²) < 4.78 is 0.259. The van der Waals surface area contributed by atoms with Gasteiger partial charge in [-0.25, -0.2) is 9.78 Å². The summed E-state index contributed by atoms with van der Waals surface area (Å²) in [5.74, 6) is -0.0544. The number of carbonyl (C=O) groups excluding carboxylic acids is 2. The quantitative estimate of drug-likeness (QED) is 0.628. The second kappa shape index (κ2) is 8.18. The monoisotopic (exact) mass is 509 g/mol. The number of thiazole rings is 1. The van der Waals surface area contributed by atoms with Crippen LogP contribution in [0.15, 0.2) is 11.9 Å². The van der Waals surface area contributed by atoms with Crippen LogP contribution in [-0.4, -0.2) is 61.0 Å². The van der Waals surface area contributed by atoms with Crippen LogP contribution in [0.2, 0.25) is 9.49 Å². The Labute approximate surface area is 205 Å². The van der Waals surface area contributed by atoms with Crippen LogP contribution in [0.25, 0.3) is 0 Å². The van der Waals surface area contributed by atoms with E-state index in [1.54, 1.807) is 0 Å². The minimum absolute atomic E-state index is 0.0359. The summed E-state index contributed by atoms with van der Waals surface area (Å²) in [5, 5.41) is 10.4. The van der Waals surface area contributed by atoms with Crippen molar-refractivity contribution in [1.82, 2.24) is 29.9 Å². The van der Waals surface area contributed by atoms with E-state index in [4.69, 9.17) is 23.2 Å². The standard InChI is InChI=1S/C21H25Cl2N7O2S/c1-4-21(3)14-13(17(27-26-14)25-18(31)19-24-15(22)16(23)33-19)10-30(21)20(32)29-9-12-6-5-7-28(12)8-11(29)2/h9,11H,4-8,10H2,1-3H3,(H2,25,26,27,31). The lowest BCUT2D eigenvalue weighted by atomic mass is 9.94. The Hall–Kier alpha value is -2.30. The topological polar surface area (TPSA) is 97.5 Å². The molecule has 0 bridgehead atoms. The van der Waals surface area contributed by atoms with Gasteiger partial charge in [0.05, 0.1) is 23.8 Å². The van der Waals surface area contributed by atoms with Gasteiger partial charge in [-0.15, -0.1) is 0 Å². The van der Waals surface area contributed by atoms with Gasteiger partial charge in [-0.3, -0.25) is 14.8 Å². The zero-order chi connectivity index (χ0) is 23.5. The molecule has 5 rings (SSSR count). The average Bonchev–Trinajstić information content (AvgIpc) is 3.54. The number of halogens is 2. The van der Waals surface area contributed by atoms with Crippen molar-refractivity contribution >= 4 is 52.3 Å². The van der Waals surface area contributed by atoms with Crippen molar-refractivity contribution < 1.29 is 9.59 Å². The summed E-state index contributed by atoms with van der Waals surface area (Å²) in [6.45, 7) is 8.42. The van der Waals surface area contributed by atoms with Gasteiger partial charge in [-0.05, 0) is 33.1 Å². The van der Waals surface area contributed by atoms with Gasteiger partial charge in [0.25, 0.3) is 5.91 Å². The molecule has 0 saturated carbocycles. The normalized spacial score (nSPS) is 24.1. The molecule has 0 radical (unpaired) electrons. The lowest BCUT2D eigenvalue weighted by molar-refractivity contribution is 0.0901. The molecule has 1 saturated heterocycles. The zero-order valence-electron chi connectivity index (χ0n) is 18.6. The number of aromatic nitrogens is 3. The molecule has 0 aliphatic carbocycles. The number of carbonyl (C=O) groups is 2. The molecule has 12 heteroatoms. The molecule has 176 valence electrons. The number of anilines is 1. The molecular formula is C21H25Cl2N7O2S. The maximum Gasteiger partial charge on any atom is 0.325 e. The highest BCUT2D eigenvalue weighted by Gasteiger charge is 2.48. The average molecular weight is 510 g/mol. The molecule has 2 unspecified atom stereocenters. The predicted octanol–water partition coefficient (Wildman–Crippen LogP) is 4.63. The third-order valence-electron chi connectivity index (χ3n) is 6.95. The molecule has 0 aromatic carbocycles. The van der Waals surface area contributed by atoms with E-state index in [0.29, 0.717) is 18.8 Å². The molecule has 1 fully saturated rings. The molecule has 3 amide bonds. The SMILES string of the molecule is CCC1(C)c2[nH]nc(NC(=O)c3nc(Cl)c(Cl)s3)c2CN1C(=O)N1C=C2CCCN2CC1C. The van der Waals surface area contributed by atoms with Crippen LogP contribution in [0.5, 0.6) is 0 Å². The van der Waals surface area contributed by atoms with Gasteiger partial charge < -0.3 is 15.1 Å². The fraction of sp³-hybridized carbons (Fsp3) is 0.524. The molecule has 2 N–H and O–H groups in total. The zero-order valence-corrected chi connectivity index (χ0v) is 20.9. The highest BCUT2D eigenvalue weighted by atomic mass is 35.5. The predicted molar refractivity (Wildman–Crippen MR) is 127 cm³/mol. The van der Waals surface area contributed by atoms with Crippen molar-refractivity contribution in [2.75, 3.05) is 18.4 Å². The first-order valence-electron chi connectivity index (χ1n) is 11.0. The van der Waals surface area contributed by atoms with E-state index in [1.807, 2.05) is 29.8 Å². The van der Waals surface area contributed by atoms with E-state index >= 15 is 0 Å². The number of nitrogens with zero attached hydrogens (tertiary/aromatic N) is 5. The fourth-order valence-corrected chi connectivity index (χ4v) is 6.00. The van der Waals surface area contributed by atoms with Crippen molar-refractivity contribution in [3.8, 4) is 0 Å². The van der Waals surface area contributed by atoms with Gasteiger partial charge in [-0.2, -0.15) is 5.10 Å². The minimum Gasteiger partial charge on any atom is -0.372 e. The lowest BCUT2D eigenvalue weighted by Crippen LogP contribution is -2.53. The Kier molecular flexibility index (Phi) is 5.57. The Balaban J connectivity index is 1.41. The summed E-state index contributed by atoms with van der Waals surface area (Å²) in [4.78, 5) is 36.5. The molecule has 2 aromatic heterocycles. The van der Waals surface area contributed by atoms with E-state index in [9.17, 15) is 9.59 Å². The number of hydrogen-bond donors (Lipinski definition) is 2. The van der Waals surface area contributed by atoms with Crippen LogP contribution in [-0.2, 0) is 12.1 Å². The summed E-state index contributed by atoms with van der Waals surface area (Å²) in [6, 6.07) is 0.0439. The number of urea groups is 1. The number of rotatable bonds is 3. The second-order valence-electron chi connectivity index (χ2n) is 8.89. The summed E-state index contributed by atoms with van der Waals surface area (Å²) in [7, 11) is 0. The summed E-state index contributed by atoms with van der Waals surface area (Å²) in [6.07, 6.45) is 4.85. The Morgan fingerprint density at radius 3 is 2.88 bits per heavy atom. The van der Waals surface area contributed by atoms with Crippen LogP contribution in [0.4, 0.5) is 10.6 Å². The first-order chi connectivity index (χ1) is 15.7. The largest absolute Gasteiger partial charge is 0.372 e. The molecule has 9 nitrogen and oxygen atoms in total. The van der Waals surface area contributed by atoms with Crippen LogP contribution in [0, 0.1) is 0 Å². The molecule has 5 heterocycles. The van der Waals surface area contributed by atoms with Crippen LogP contribution >= 0.6 is 34.5 Å². The van der Waals surface area contributed by atoms with E-state index in [-0.39, 0.29) is 26.6 Å². The van der Waals surface area contributed by atoms with Gasteiger partial charge >= 0.3 is 6.03 Å². The number of nitrogens with one attached hydrogen (secondary N) is 2. The van der Waals surface area contributed by atoms with Crippen LogP contribution in [0.3, 0.4) is 0 Å². The molecule has 33 heavy (non-hydrogen) atoms. The molecular weight excluding hydrogens is 485 g/mol. The van der Waals surface area contributed by atoms with Gasteiger partial charge in [0.1, 0.15) is 4.34 Å². The van der Waals surface area contributed by atoms with Gasteiger partial charge in [0.2, 0.25) is 0 Å². The first-order valence-corrected chi connectivity index (χ1v) is 12.6. The second-order valence-corrected chi connectivity index (χ2v) is 10.8. The number of H-pyrrole nitrogens is 1. The Morgan fingerprint density at radius 1 is 1.39 bits per heavy atom. The highest BCUT2D eigenvalue weighted by molar-refractivity contribution is 7.18. The van der Waals surface area contributed by atoms with Crippen molar-refractivity contribution in [1.29, 1.82) is 0 Å². The number of fused-ring (bicyclic) bond motifs is 2. The molecule has 2 aromatic rings. The molecule has 3 aliphatic rings. The maximum atomic E-state index is 13.8. The number of allylic oxidation sites excluding steroid dienone is 1. The van der Waals surface area contributed by atoms with Crippen molar-refractivity contribution in [2.45, 2.75) is 58.2 Å². The number of aromatic amines is 1. The van der Waals surface area contributed by atoms with Crippen molar-refractivity contribution in [3.63, 3.8) is 0 Å². The van der Waals surface area contributed by atoms with E-state index in [2.05, 4.69) is 32.3 Å². The summed E-state index contributed by atoms with van der Waals surface area (Å²) >= 11 is 12.8. The maximum absolute atomic E-state index is 13.8. The number of hydrogen-bond acceptors (Lipinski definition) is 6. The Bertz CT molecular complexity index is 1140. The minimum atomic E-state index is -0.568. The van der Waals surface area contributed by atoms with E-state index in [0.717, 1.165) is 48.5 Å². The van der Waals surface area contributed by atoms with Crippen molar-refractivity contribution in [2.24, 2.45) is 0 Å². The van der Waals surface area contributed by atoms with Crippen molar-refractivity contribution in [3.05, 3.63) is 37.7 Å². The first kappa shape index (κ1) is 22.5. The van der Waals surface area contributed by atoms with E-state index in [1.165, 1.54) is 5.70 Å². The van der Waals surface area contributed by atoms with Crippen LogP contribution < -0.4 is 5.32 Å². The molecule has 3 aliphatic heterocycles. The lowest BCUT2D eigenvalue weighted by Gasteiger charge is -2.42. The third kappa shape index (κ3) is 3.59. The molecule has 0 spiro atoms. The Morgan fingerprint density at radius 2 is 2.18 bits per heavy atom. The third-order valence-corrected chi connectivity index (χ3v) is 8.68. The van der Waals surface area contributed by atoms with Gasteiger partial charge in [-0.1, -0.05) is 41.5 Å². The van der Waals surface area contributed by atoms with Gasteiger partial charge in [0.15, 0.2) is 16.0 Å². The molecule has 2 atom stereocenters. The smallest absolute Gasteiger partial charge is 0.325 e. The highest BCUT2D eigenvalue weighted by Crippen LogP contribution is 2.44.